The summed E-state index contributed by atoms with van der Waals surface area (Å²) in [6.07, 6.45) is 1.55. The van der Waals surface area contributed by atoms with Gasteiger partial charge in [-0.25, -0.2) is 9.18 Å². The zero-order valence-electron chi connectivity index (χ0n) is 8.94. The predicted molar refractivity (Wildman–Crippen MR) is 57.6 cm³/mol. The fourth-order valence-corrected chi connectivity index (χ4v) is 1.56. The number of nitrogens with two attached hydrogens (primary N) is 1. The van der Waals surface area contributed by atoms with E-state index in [0.29, 0.717) is 5.69 Å². The van der Waals surface area contributed by atoms with Gasteiger partial charge in [0.25, 0.3) is 0 Å². The molecule has 90 valence electrons. The minimum Gasteiger partial charge on any atom is -0.325 e. The van der Waals surface area contributed by atoms with Crippen LogP contribution in [0.2, 0.25) is 0 Å². The fraction of sp³-hybridized carbons (Fsp3) is 0.300. The van der Waals surface area contributed by atoms with Crippen molar-refractivity contribution in [3.05, 3.63) is 23.8 Å². The van der Waals surface area contributed by atoms with Gasteiger partial charge in [0, 0.05) is 25.6 Å². The summed E-state index contributed by atoms with van der Waals surface area (Å²) >= 11 is 0. The summed E-state index contributed by atoms with van der Waals surface area (Å²) in [5.41, 5.74) is 5.74. The maximum Gasteiger partial charge on any atom is 0.328 e. The second kappa shape index (κ2) is 4.46. The third-order valence-electron chi connectivity index (χ3n) is 2.46. The third kappa shape index (κ3) is 2.23. The standard InChI is InChI=1S/C10H11FN4O2/c11-7-3-6(5-13-8(7)4-12)15-2-1-9(16)14-10(15)17/h3,5H,1-2,4,12H2,(H,14,16,17). The number of aromatic nitrogens is 1. The van der Waals surface area contributed by atoms with Gasteiger partial charge in [-0.15, -0.1) is 0 Å². The Morgan fingerprint density at radius 2 is 2.29 bits per heavy atom. The van der Waals surface area contributed by atoms with E-state index in [1.807, 2.05) is 0 Å². The average molecular weight is 238 g/mol. The Morgan fingerprint density at radius 1 is 1.53 bits per heavy atom. The number of carbonyl (C=O) groups excluding carboxylic acids is 2. The lowest BCUT2D eigenvalue weighted by Crippen LogP contribution is -2.49. The lowest BCUT2D eigenvalue weighted by molar-refractivity contribution is -0.120. The molecule has 0 saturated carbocycles. The molecule has 7 heteroatoms. The molecule has 6 nitrogen and oxygen atoms in total. The van der Waals surface area contributed by atoms with E-state index in [4.69, 9.17) is 5.73 Å². The summed E-state index contributed by atoms with van der Waals surface area (Å²) in [5, 5.41) is 2.15. The van der Waals surface area contributed by atoms with Crippen molar-refractivity contribution in [2.45, 2.75) is 13.0 Å². The van der Waals surface area contributed by atoms with E-state index < -0.39 is 11.8 Å². The number of pyridine rings is 1. The molecule has 1 aliphatic rings. The molecule has 1 aromatic rings. The van der Waals surface area contributed by atoms with Crippen LogP contribution in [-0.2, 0) is 11.3 Å². The highest BCUT2D eigenvalue weighted by atomic mass is 19.1. The van der Waals surface area contributed by atoms with Gasteiger partial charge in [-0.2, -0.15) is 0 Å². The summed E-state index contributed by atoms with van der Waals surface area (Å²) in [6.45, 7) is 0.213. The second-order valence-corrected chi connectivity index (χ2v) is 3.58. The fourth-order valence-electron chi connectivity index (χ4n) is 1.56. The van der Waals surface area contributed by atoms with Crippen molar-refractivity contribution in [2.24, 2.45) is 5.73 Å². The number of imide groups is 1. The second-order valence-electron chi connectivity index (χ2n) is 3.58. The number of urea groups is 1. The monoisotopic (exact) mass is 238 g/mol. The molecule has 0 radical (unpaired) electrons. The molecule has 3 N–H and O–H groups in total. The Balaban J connectivity index is 2.25. The molecule has 0 unspecified atom stereocenters. The van der Waals surface area contributed by atoms with Crippen LogP contribution in [0.25, 0.3) is 0 Å². The topological polar surface area (TPSA) is 88.3 Å². The molecule has 1 fully saturated rings. The summed E-state index contributed by atoms with van der Waals surface area (Å²) in [7, 11) is 0. The predicted octanol–water partition coefficient (Wildman–Crippen LogP) is 0.126. The Labute approximate surface area is 96.6 Å². The quantitative estimate of drug-likeness (QED) is 0.766. The molecule has 3 amide bonds. The molecule has 1 aliphatic heterocycles. The van der Waals surface area contributed by atoms with Gasteiger partial charge in [-0.1, -0.05) is 0 Å². The average Bonchev–Trinajstić information content (AvgIpc) is 2.29. The Morgan fingerprint density at radius 3 is 2.88 bits per heavy atom. The normalized spacial score (nSPS) is 16.0. The van der Waals surface area contributed by atoms with E-state index >= 15 is 0 Å². The van der Waals surface area contributed by atoms with E-state index in [1.54, 1.807) is 0 Å². The summed E-state index contributed by atoms with van der Waals surface area (Å²) in [4.78, 5) is 27.5. The van der Waals surface area contributed by atoms with Gasteiger partial charge in [-0.3, -0.25) is 20.0 Å². The Kier molecular flexibility index (Phi) is 3.01. The van der Waals surface area contributed by atoms with Crippen molar-refractivity contribution >= 4 is 17.6 Å². The van der Waals surface area contributed by atoms with Crippen molar-refractivity contribution in [3.63, 3.8) is 0 Å². The van der Waals surface area contributed by atoms with Gasteiger partial charge in [0.15, 0.2) is 0 Å². The van der Waals surface area contributed by atoms with Crippen LogP contribution in [0.5, 0.6) is 0 Å². The van der Waals surface area contributed by atoms with E-state index in [2.05, 4.69) is 10.3 Å². The van der Waals surface area contributed by atoms with Gasteiger partial charge in [0.1, 0.15) is 5.82 Å². The highest BCUT2D eigenvalue weighted by Gasteiger charge is 2.24. The zero-order chi connectivity index (χ0) is 12.4. The van der Waals surface area contributed by atoms with Crippen molar-refractivity contribution in [3.8, 4) is 0 Å². The molecule has 0 aromatic carbocycles. The first-order chi connectivity index (χ1) is 8.11. The number of carbonyl (C=O) groups is 2. The van der Waals surface area contributed by atoms with Crippen LogP contribution >= 0.6 is 0 Å². The van der Waals surface area contributed by atoms with Gasteiger partial charge in [0.2, 0.25) is 5.91 Å². The van der Waals surface area contributed by atoms with Crippen molar-refractivity contribution in [2.75, 3.05) is 11.4 Å². The number of hydrogen-bond donors (Lipinski definition) is 2. The van der Waals surface area contributed by atoms with Gasteiger partial charge in [-0.05, 0) is 0 Å². The van der Waals surface area contributed by atoms with Crippen LogP contribution in [-0.4, -0.2) is 23.5 Å². The van der Waals surface area contributed by atoms with Crippen molar-refractivity contribution in [1.82, 2.24) is 10.3 Å². The lowest BCUT2D eigenvalue weighted by atomic mass is 10.2. The number of nitrogens with zero attached hydrogens (tertiary/aromatic N) is 2. The number of rotatable bonds is 2. The minimum atomic E-state index is -0.567. The van der Waals surface area contributed by atoms with E-state index in [-0.39, 0.29) is 31.1 Å². The lowest BCUT2D eigenvalue weighted by Gasteiger charge is -2.26. The van der Waals surface area contributed by atoms with Crippen LogP contribution in [0.15, 0.2) is 12.3 Å². The molecule has 0 aliphatic carbocycles. The van der Waals surface area contributed by atoms with E-state index in [9.17, 15) is 14.0 Å². The van der Waals surface area contributed by atoms with Gasteiger partial charge >= 0.3 is 6.03 Å². The van der Waals surface area contributed by atoms with Crippen LogP contribution < -0.4 is 16.0 Å². The third-order valence-corrected chi connectivity index (χ3v) is 2.46. The van der Waals surface area contributed by atoms with E-state index in [0.717, 1.165) is 0 Å². The van der Waals surface area contributed by atoms with Crippen molar-refractivity contribution < 1.29 is 14.0 Å². The number of nitrogens with one attached hydrogen (secondary N) is 1. The Bertz CT molecular complexity index is 477. The largest absolute Gasteiger partial charge is 0.328 e. The van der Waals surface area contributed by atoms with Crippen LogP contribution in [0, 0.1) is 5.82 Å². The summed E-state index contributed by atoms with van der Waals surface area (Å²) in [5.74, 6) is -0.895. The smallest absolute Gasteiger partial charge is 0.325 e. The zero-order valence-corrected chi connectivity index (χ0v) is 8.94. The van der Waals surface area contributed by atoms with Gasteiger partial charge < -0.3 is 5.73 Å². The number of hydrogen-bond acceptors (Lipinski definition) is 4. The molecule has 0 atom stereocenters. The van der Waals surface area contributed by atoms with Gasteiger partial charge in [0.05, 0.1) is 17.6 Å². The molecular formula is C10H11FN4O2. The van der Waals surface area contributed by atoms with Crippen LogP contribution in [0.3, 0.4) is 0 Å². The summed E-state index contributed by atoms with van der Waals surface area (Å²) in [6, 6.07) is 0.618. The summed E-state index contributed by atoms with van der Waals surface area (Å²) < 4.78 is 13.4. The molecule has 2 heterocycles. The molecular weight excluding hydrogens is 227 g/mol. The molecule has 2 rings (SSSR count). The first kappa shape index (κ1) is 11.5. The first-order valence-electron chi connectivity index (χ1n) is 5.07. The molecule has 0 bridgehead atoms. The minimum absolute atomic E-state index is 0.00318. The SMILES string of the molecule is NCc1ncc(N2CCC(=O)NC2=O)cc1F. The number of anilines is 1. The molecule has 0 spiro atoms. The maximum atomic E-state index is 13.4. The number of halogens is 1. The highest BCUT2D eigenvalue weighted by Crippen LogP contribution is 2.18. The molecule has 1 aromatic heterocycles. The van der Waals surface area contributed by atoms with E-state index in [1.165, 1.54) is 17.2 Å². The highest BCUT2D eigenvalue weighted by molar-refractivity contribution is 6.05. The number of amides is 3. The maximum absolute atomic E-state index is 13.4. The Hall–Kier alpha value is -2.02. The molecule has 1 saturated heterocycles. The molecule has 17 heavy (non-hydrogen) atoms. The van der Waals surface area contributed by atoms with Crippen LogP contribution in [0.1, 0.15) is 12.1 Å². The van der Waals surface area contributed by atoms with Crippen molar-refractivity contribution in [1.29, 1.82) is 0 Å². The first-order valence-corrected chi connectivity index (χ1v) is 5.07. The van der Waals surface area contributed by atoms with Crippen LogP contribution in [0.4, 0.5) is 14.9 Å².